The Kier molecular flexibility index (Phi) is 6.39. The molecule has 0 heterocycles. The topological polar surface area (TPSA) is 40.5 Å². The summed E-state index contributed by atoms with van der Waals surface area (Å²) in [5.74, 6) is -0.198. The number of aliphatic hydroxyl groups is 1. The Hall–Kier alpha value is -2.65. The van der Waals surface area contributed by atoms with Crippen LogP contribution in [0.1, 0.15) is 68.1 Å². The van der Waals surface area contributed by atoms with Crippen molar-refractivity contribution < 1.29 is 9.90 Å². The van der Waals surface area contributed by atoms with Crippen LogP contribution in [0.15, 0.2) is 66.7 Å². The minimum atomic E-state index is -0.685. The van der Waals surface area contributed by atoms with Gasteiger partial charge in [0.1, 0.15) is 0 Å². The smallest absolute Gasteiger partial charge is 0.255 e. The molecule has 152 valence electrons. The molecule has 3 nitrogen and oxygen atoms in total. The normalized spacial score (nSPS) is 13.7. The summed E-state index contributed by atoms with van der Waals surface area (Å²) in [6.45, 7) is 10.2. The molecule has 3 rings (SSSR count). The molecule has 3 aromatic carbocycles. The van der Waals surface area contributed by atoms with Gasteiger partial charge >= 0.3 is 0 Å². The number of nitrogens with zero attached hydrogens (tertiary/aromatic N) is 1. The Labute approximate surface area is 174 Å². The third-order valence-electron chi connectivity index (χ3n) is 5.63. The molecule has 0 aliphatic heterocycles. The second kappa shape index (κ2) is 8.79. The minimum Gasteiger partial charge on any atom is -0.388 e. The van der Waals surface area contributed by atoms with Crippen molar-refractivity contribution in [1.29, 1.82) is 0 Å². The maximum Gasteiger partial charge on any atom is 0.255 e. The molecule has 3 heteroatoms. The number of amides is 1. The number of benzene rings is 3. The van der Waals surface area contributed by atoms with Gasteiger partial charge in [-0.3, -0.25) is 4.79 Å². The van der Waals surface area contributed by atoms with Crippen molar-refractivity contribution in [2.24, 2.45) is 0 Å². The molecule has 0 aromatic heterocycles. The van der Waals surface area contributed by atoms with Gasteiger partial charge in [-0.1, -0.05) is 73.7 Å². The highest BCUT2D eigenvalue weighted by Crippen LogP contribution is 2.36. The van der Waals surface area contributed by atoms with Gasteiger partial charge in [-0.2, -0.15) is 0 Å². The van der Waals surface area contributed by atoms with Gasteiger partial charge < -0.3 is 10.0 Å². The first-order chi connectivity index (χ1) is 13.8. The van der Waals surface area contributed by atoms with E-state index in [2.05, 4.69) is 0 Å². The molecule has 1 amide bonds. The van der Waals surface area contributed by atoms with Gasteiger partial charge in [-0.25, -0.2) is 0 Å². The van der Waals surface area contributed by atoms with Gasteiger partial charge in [0.2, 0.25) is 0 Å². The quantitative estimate of drug-likeness (QED) is 0.567. The van der Waals surface area contributed by atoms with Gasteiger partial charge in [-0.05, 0) is 49.6 Å². The average Bonchev–Trinajstić information content (AvgIpc) is 2.71. The van der Waals surface area contributed by atoms with Gasteiger partial charge in [0.25, 0.3) is 5.91 Å². The Bertz CT molecular complexity index is 970. The van der Waals surface area contributed by atoms with Crippen LogP contribution < -0.4 is 0 Å². The fourth-order valence-electron chi connectivity index (χ4n) is 4.21. The van der Waals surface area contributed by atoms with Crippen molar-refractivity contribution >= 4 is 16.7 Å². The molecule has 29 heavy (non-hydrogen) atoms. The highest BCUT2D eigenvalue weighted by Gasteiger charge is 2.29. The van der Waals surface area contributed by atoms with Crippen molar-refractivity contribution in [3.05, 3.63) is 83.4 Å². The lowest BCUT2D eigenvalue weighted by Crippen LogP contribution is -2.42. The largest absolute Gasteiger partial charge is 0.388 e. The second-order valence-electron chi connectivity index (χ2n) is 8.30. The molecular weight excluding hydrogens is 358 g/mol. The Morgan fingerprint density at radius 3 is 2.00 bits per heavy atom. The zero-order valence-electron chi connectivity index (χ0n) is 18.0. The van der Waals surface area contributed by atoms with Crippen molar-refractivity contribution in [2.75, 3.05) is 0 Å². The van der Waals surface area contributed by atoms with Crippen LogP contribution in [-0.4, -0.2) is 28.0 Å². The van der Waals surface area contributed by atoms with Gasteiger partial charge in [0, 0.05) is 18.0 Å². The van der Waals surface area contributed by atoms with Crippen LogP contribution in [-0.2, 0) is 0 Å². The van der Waals surface area contributed by atoms with Crippen molar-refractivity contribution in [3.63, 3.8) is 0 Å². The van der Waals surface area contributed by atoms with Crippen LogP contribution in [0.25, 0.3) is 10.8 Å². The van der Waals surface area contributed by atoms with Gasteiger partial charge in [0.15, 0.2) is 0 Å². The van der Waals surface area contributed by atoms with Gasteiger partial charge in [0.05, 0.1) is 11.7 Å². The van der Waals surface area contributed by atoms with E-state index in [0.717, 1.165) is 21.9 Å². The highest BCUT2D eigenvalue weighted by molar-refractivity contribution is 6.08. The Morgan fingerprint density at radius 1 is 0.793 bits per heavy atom. The van der Waals surface area contributed by atoms with Crippen LogP contribution >= 0.6 is 0 Å². The maximum atomic E-state index is 13.8. The van der Waals surface area contributed by atoms with E-state index in [1.165, 1.54) is 0 Å². The monoisotopic (exact) mass is 389 g/mol. The summed E-state index contributed by atoms with van der Waals surface area (Å²) in [7, 11) is 0. The molecule has 0 aliphatic rings. The zero-order valence-corrected chi connectivity index (χ0v) is 18.0. The SMILES string of the molecule is CC(C)N(C(=O)c1c([C@H](C)[C@H](O)c2ccccc2)ccc2ccccc12)C(C)C. The number of aliphatic hydroxyl groups excluding tert-OH is 1. The molecule has 2 atom stereocenters. The molecule has 0 unspecified atom stereocenters. The third-order valence-corrected chi connectivity index (χ3v) is 5.63. The molecular formula is C26H31NO2. The number of hydrogen-bond acceptors (Lipinski definition) is 2. The molecule has 0 fully saturated rings. The summed E-state index contributed by atoms with van der Waals surface area (Å²) in [5.41, 5.74) is 2.44. The molecule has 1 N–H and O–H groups in total. The Morgan fingerprint density at radius 2 is 1.38 bits per heavy atom. The van der Waals surface area contributed by atoms with Crippen molar-refractivity contribution in [3.8, 4) is 0 Å². The summed E-state index contributed by atoms with van der Waals surface area (Å²) < 4.78 is 0. The first-order valence-electron chi connectivity index (χ1n) is 10.4. The second-order valence-corrected chi connectivity index (χ2v) is 8.30. The number of fused-ring (bicyclic) bond motifs is 1. The summed E-state index contributed by atoms with van der Waals surface area (Å²) >= 11 is 0. The lowest BCUT2D eigenvalue weighted by molar-refractivity contribution is 0.0642. The molecule has 0 saturated carbocycles. The summed E-state index contributed by atoms with van der Waals surface area (Å²) in [6, 6.07) is 21.9. The first kappa shape index (κ1) is 21.1. The number of hydrogen-bond donors (Lipinski definition) is 1. The lowest BCUT2D eigenvalue weighted by atomic mass is 9.85. The molecule has 0 spiro atoms. The van der Waals surface area contributed by atoms with E-state index in [9.17, 15) is 9.90 Å². The molecule has 0 radical (unpaired) electrons. The standard InChI is InChI=1S/C26H31NO2/c1-17(2)27(18(3)4)26(29)24-22(16-15-20-11-9-10-14-23(20)24)19(5)25(28)21-12-7-6-8-13-21/h6-19,25,28H,1-5H3/t19-,25-/m0/s1. The van der Waals surface area contributed by atoms with E-state index < -0.39 is 6.10 Å². The van der Waals surface area contributed by atoms with Gasteiger partial charge in [-0.15, -0.1) is 0 Å². The molecule has 0 aliphatic carbocycles. The number of carbonyl (C=O) groups is 1. The van der Waals surface area contributed by atoms with Crippen LogP contribution in [0.2, 0.25) is 0 Å². The summed E-state index contributed by atoms with van der Waals surface area (Å²) in [4.78, 5) is 15.7. The minimum absolute atomic E-state index is 0.0221. The molecule has 3 aromatic rings. The average molecular weight is 390 g/mol. The first-order valence-corrected chi connectivity index (χ1v) is 10.4. The third kappa shape index (κ3) is 4.20. The fraction of sp³-hybridized carbons (Fsp3) is 0.346. The molecule has 0 bridgehead atoms. The van der Waals surface area contributed by atoms with Crippen LogP contribution in [0, 0.1) is 0 Å². The highest BCUT2D eigenvalue weighted by atomic mass is 16.3. The zero-order chi connectivity index (χ0) is 21.1. The summed E-state index contributed by atoms with van der Waals surface area (Å²) in [6.07, 6.45) is -0.685. The lowest BCUT2D eigenvalue weighted by Gasteiger charge is -2.33. The van der Waals surface area contributed by atoms with Crippen molar-refractivity contribution in [2.45, 2.75) is 58.7 Å². The van der Waals surface area contributed by atoms with Crippen molar-refractivity contribution in [1.82, 2.24) is 4.90 Å². The maximum absolute atomic E-state index is 13.8. The van der Waals surface area contributed by atoms with E-state index in [1.807, 2.05) is 106 Å². The van der Waals surface area contributed by atoms with Crippen LogP contribution in [0.4, 0.5) is 0 Å². The van der Waals surface area contributed by atoms with E-state index in [1.54, 1.807) is 0 Å². The fourth-order valence-corrected chi connectivity index (χ4v) is 4.21. The number of rotatable bonds is 6. The van der Waals surface area contributed by atoms with Crippen LogP contribution in [0.5, 0.6) is 0 Å². The predicted molar refractivity (Wildman–Crippen MR) is 120 cm³/mol. The van der Waals surface area contributed by atoms with E-state index >= 15 is 0 Å². The number of carbonyl (C=O) groups excluding carboxylic acids is 1. The van der Waals surface area contributed by atoms with E-state index in [-0.39, 0.29) is 23.9 Å². The summed E-state index contributed by atoms with van der Waals surface area (Å²) in [5, 5.41) is 13.0. The molecule has 0 saturated heterocycles. The van der Waals surface area contributed by atoms with E-state index in [4.69, 9.17) is 0 Å². The van der Waals surface area contributed by atoms with Crippen LogP contribution in [0.3, 0.4) is 0 Å². The predicted octanol–water partition coefficient (Wildman–Crippen LogP) is 5.94. The van der Waals surface area contributed by atoms with E-state index in [0.29, 0.717) is 5.56 Å². The Balaban J connectivity index is 2.17.